The number of amides is 1. The van der Waals surface area contributed by atoms with E-state index >= 15 is 0 Å². The lowest BCUT2D eigenvalue weighted by atomic mass is 10.1. The Kier molecular flexibility index (Phi) is 4.78. The van der Waals surface area contributed by atoms with Gasteiger partial charge < -0.3 is 20.5 Å². The molecule has 0 aliphatic rings. The average molecular weight is 238 g/mol. The predicted molar refractivity (Wildman–Crippen MR) is 65.2 cm³/mol. The highest BCUT2D eigenvalue weighted by Gasteiger charge is 2.13. The Morgan fingerprint density at radius 2 is 2.12 bits per heavy atom. The Morgan fingerprint density at radius 3 is 2.65 bits per heavy atom. The molecule has 1 aromatic carbocycles. The Balaban J connectivity index is 2.92. The van der Waals surface area contributed by atoms with Crippen LogP contribution in [0.2, 0.25) is 0 Å². The molecule has 0 radical (unpaired) electrons. The van der Waals surface area contributed by atoms with E-state index in [4.69, 9.17) is 15.2 Å². The molecule has 5 heteroatoms. The van der Waals surface area contributed by atoms with Crippen molar-refractivity contribution >= 4 is 5.91 Å². The van der Waals surface area contributed by atoms with E-state index < -0.39 is 0 Å². The summed E-state index contributed by atoms with van der Waals surface area (Å²) in [6, 6.07) is 5.30. The van der Waals surface area contributed by atoms with Gasteiger partial charge in [-0.15, -0.1) is 0 Å². The van der Waals surface area contributed by atoms with Gasteiger partial charge in [0, 0.05) is 11.6 Å². The minimum Gasteiger partial charge on any atom is -0.497 e. The first-order valence-electron chi connectivity index (χ1n) is 5.33. The second-order valence-corrected chi connectivity index (χ2v) is 3.60. The minimum absolute atomic E-state index is 0.0250. The number of carbonyl (C=O) groups is 1. The van der Waals surface area contributed by atoms with Gasteiger partial charge in [0.15, 0.2) is 0 Å². The van der Waals surface area contributed by atoms with Crippen LogP contribution in [0.15, 0.2) is 18.2 Å². The molecular formula is C12H18N2O3. The summed E-state index contributed by atoms with van der Waals surface area (Å²) < 4.78 is 10.4. The number of ether oxygens (including phenoxy) is 2. The Labute approximate surface area is 101 Å². The van der Waals surface area contributed by atoms with Gasteiger partial charge in [0.05, 0.1) is 26.8 Å². The van der Waals surface area contributed by atoms with Gasteiger partial charge in [-0.25, -0.2) is 0 Å². The van der Waals surface area contributed by atoms with Crippen LogP contribution in [-0.4, -0.2) is 26.7 Å². The number of benzene rings is 1. The Hall–Kier alpha value is -1.75. The van der Waals surface area contributed by atoms with Crippen molar-refractivity contribution in [2.24, 2.45) is 5.73 Å². The number of nitrogens with one attached hydrogen (secondary N) is 1. The molecule has 0 spiro atoms. The number of rotatable bonds is 5. The molecule has 1 amide bonds. The second kappa shape index (κ2) is 6.10. The molecule has 17 heavy (non-hydrogen) atoms. The smallest absolute Gasteiger partial charge is 0.234 e. The second-order valence-electron chi connectivity index (χ2n) is 3.60. The maximum Gasteiger partial charge on any atom is 0.234 e. The van der Waals surface area contributed by atoms with Crippen LogP contribution in [0.5, 0.6) is 11.5 Å². The minimum atomic E-state index is -0.199. The third kappa shape index (κ3) is 3.35. The monoisotopic (exact) mass is 238 g/mol. The molecule has 0 saturated heterocycles. The van der Waals surface area contributed by atoms with E-state index in [2.05, 4.69) is 5.32 Å². The molecule has 0 fully saturated rings. The van der Waals surface area contributed by atoms with Crippen LogP contribution in [-0.2, 0) is 4.79 Å². The van der Waals surface area contributed by atoms with E-state index in [1.165, 1.54) is 0 Å². The average Bonchev–Trinajstić information content (AvgIpc) is 2.37. The van der Waals surface area contributed by atoms with Gasteiger partial charge in [0.1, 0.15) is 11.5 Å². The molecule has 3 N–H and O–H groups in total. The topological polar surface area (TPSA) is 73.6 Å². The van der Waals surface area contributed by atoms with Gasteiger partial charge in [0.2, 0.25) is 5.91 Å². The highest BCUT2D eigenvalue weighted by molar-refractivity contribution is 5.78. The summed E-state index contributed by atoms with van der Waals surface area (Å²) in [6.07, 6.45) is 0. The van der Waals surface area contributed by atoms with E-state index in [1.807, 2.05) is 19.1 Å². The van der Waals surface area contributed by atoms with Gasteiger partial charge in [-0.1, -0.05) is 0 Å². The fraction of sp³-hybridized carbons (Fsp3) is 0.417. The molecule has 1 aromatic rings. The van der Waals surface area contributed by atoms with E-state index in [0.717, 1.165) is 5.56 Å². The van der Waals surface area contributed by atoms with Gasteiger partial charge in [-0.3, -0.25) is 4.79 Å². The van der Waals surface area contributed by atoms with Crippen LogP contribution in [0.1, 0.15) is 18.5 Å². The summed E-state index contributed by atoms with van der Waals surface area (Å²) >= 11 is 0. The van der Waals surface area contributed by atoms with Crippen molar-refractivity contribution in [3.63, 3.8) is 0 Å². The molecule has 0 aliphatic heterocycles. The predicted octanol–water partition coefficient (Wildman–Crippen LogP) is 0.840. The molecule has 1 atom stereocenters. The van der Waals surface area contributed by atoms with Crippen LogP contribution < -0.4 is 20.5 Å². The first-order chi connectivity index (χ1) is 8.12. The van der Waals surface area contributed by atoms with E-state index in [0.29, 0.717) is 11.5 Å². The lowest BCUT2D eigenvalue weighted by Crippen LogP contribution is -2.32. The summed E-state index contributed by atoms with van der Waals surface area (Å²) in [5.74, 6) is 1.19. The van der Waals surface area contributed by atoms with E-state index in [9.17, 15) is 4.79 Å². The third-order valence-electron chi connectivity index (χ3n) is 2.47. The molecule has 0 aromatic heterocycles. The van der Waals surface area contributed by atoms with Gasteiger partial charge in [-0.05, 0) is 19.1 Å². The lowest BCUT2D eigenvalue weighted by Gasteiger charge is -2.17. The standard InChI is InChI=1S/C12H18N2O3/c1-8(14-12(15)7-13)10-5-4-9(16-2)6-11(10)17-3/h4-6,8H,7,13H2,1-3H3,(H,14,15). The van der Waals surface area contributed by atoms with Crippen molar-refractivity contribution in [1.82, 2.24) is 5.32 Å². The van der Waals surface area contributed by atoms with Crippen molar-refractivity contribution in [1.29, 1.82) is 0 Å². The van der Waals surface area contributed by atoms with Crippen molar-refractivity contribution < 1.29 is 14.3 Å². The third-order valence-corrected chi connectivity index (χ3v) is 2.47. The molecule has 0 aliphatic carbocycles. The van der Waals surface area contributed by atoms with Crippen molar-refractivity contribution in [3.8, 4) is 11.5 Å². The molecule has 1 unspecified atom stereocenters. The number of nitrogens with two attached hydrogens (primary N) is 1. The maximum absolute atomic E-state index is 11.2. The van der Waals surface area contributed by atoms with Gasteiger partial charge in [0.25, 0.3) is 0 Å². The van der Waals surface area contributed by atoms with E-state index in [1.54, 1.807) is 20.3 Å². The molecule has 5 nitrogen and oxygen atoms in total. The number of methoxy groups -OCH3 is 2. The summed E-state index contributed by atoms with van der Waals surface area (Å²) in [6.45, 7) is 1.85. The lowest BCUT2D eigenvalue weighted by molar-refractivity contribution is -0.120. The molecule has 0 heterocycles. The van der Waals surface area contributed by atoms with Crippen molar-refractivity contribution in [2.75, 3.05) is 20.8 Å². The zero-order chi connectivity index (χ0) is 12.8. The van der Waals surface area contributed by atoms with Crippen LogP contribution >= 0.6 is 0 Å². The quantitative estimate of drug-likeness (QED) is 0.797. The van der Waals surface area contributed by atoms with Crippen LogP contribution in [0.3, 0.4) is 0 Å². The highest BCUT2D eigenvalue weighted by Crippen LogP contribution is 2.29. The van der Waals surface area contributed by atoms with Gasteiger partial charge in [-0.2, -0.15) is 0 Å². The first kappa shape index (κ1) is 13.3. The fourth-order valence-electron chi connectivity index (χ4n) is 1.55. The SMILES string of the molecule is COc1ccc(C(C)NC(=O)CN)c(OC)c1. The first-order valence-corrected chi connectivity index (χ1v) is 5.33. The molecular weight excluding hydrogens is 220 g/mol. The largest absolute Gasteiger partial charge is 0.497 e. The molecule has 0 bridgehead atoms. The summed E-state index contributed by atoms with van der Waals surface area (Å²) in [5.41, 5.74) is 6.14. The van der Waals surface area contributed by atoms with Crippen LogP contribution in [0.4, 0.5) is 0 Å². The van der Waals surface area contributed by atoms with E-state index in [-0.39, 0.29) is 18.5 Å². The number of carbonyl (C=O) groups excluding carboxylic acids is 1. The number of hydrogen-bond acceptors (Lipinski definition) is 4. The van der Waals surface area contributed by atoms with Gasteiger partial charge >= 0.3 is 0 Å². The highest BCUT2D eigenvalue weighted by atomic mass is 16.5. The zero-order valence-electron chi connectivity index (χ0n) is 10.3. The molecule has 1 rings (SSSR count). The Bertz CT molecular complexity index is 393. The molecule has 94 valence electrons. The van der Waals surface area contributed by atoms with Crippen LogP contribution in [0.25, 0.3) is 0 Å². The van der Waals surface area contributed by atoms with Crippen molar-refractivity contribution in [3.05, 3.63) is 23.8 Å². The zero-order valence-corrected chi connectivity index (χ0v) is 10.3. The fourth-order valence-corrected chi connectivity index (χ4v) is 1.55. The summed E-state index contributed by atoms with van der Waals surface area (Å²) in [5, 5.41) is 2.77. The Morgan fingerprint density at radius 1 is 1.41 bits per heavy atom. The van der Waals surface area contributed by atoms with Crippen molar-refractivity contribution in [2.45, 2.75) is 13.0 Å². The summed E-state index contributed by atoms with van der Waals surface area (Å²) in [4.78, 5) is 11.2. The summed E-state index contributed by atoms with van der Waals surface area (Å²) in [7, 11) is 3.17. The maximum atomic E-state index is 11.2. The number of hydrogen-bond donors (Lipinski definition) is 2. The molecule has 0 saturated carbocycles. The normalized spacial score (nSPS) is 11.8. The van der Waals surface area contributed by atoms with Crippen LogP contribution in [0, 0.1) is 0 Å².